The molecular formula is C24H21F3N6O4. The number of nitrogens with zero attached hydrogens (tertiary/aromatic N) is 5. The fraction of sp³-hybridized carbons (Fsp3) is 0.292. The Bertz CT molecular complexity index is 1280. The number of halogens is 3. The molecule has 0 unspecified atom stereocenters. The minimum Gasteiger partial charge on any atom is -0.448 e. The van der Waals surface area contributed by atoms with E-state index in [4.69, 9.17) is 14.4 Å². The third-order valence-corrected chi connectivity index (χ3v) is 5.43. The largest absolute Gasteiger partial charge is 0.452 e. The molecule has 37 heavy (non-hydrogen) atoms. The number of nitrogens with one attached hydrogen (secondary N) is 1. The molecule has 0 saturated carbocycles. The van der Waals surface area contributed by atoms with E-state index < -0.39 is 29.6 Å². The number of pyridine rings is 1. The number of amides is 2. The molecule has 1 N–H and O–H groups in total. The van der Waals surface area contributed by atoms with Gasteiger partial charge < -0.3 is 24.3 Å². The van der Waals surface area contributed by atoms with Gasteiger partial charge in [-0.25, -0.2) is 14.8 Å². The molecule has 0 bridgehead atoms. The second-order valence-corrected chi connectivity index (χ2v) is 7.92. The molecule has 0 aliphatic carbocycles. The molecular weight excluding hydrogens is 493 g/mol. The van der Waals surface area contributed by atoms with Crippen LogP contribution in [0.3, 0.4) is 0 Å². The van der Waals surface area contributed by atoms with E-state index in [9.17, 15) is 22.8 Å². The van der Waals surface area contributed by atoms with Gasteiger partial charge in [-0.3, -0.25) is 4.79 Å². The molecule has 3 heterocycles. The maximum atomic E-state index is 13.5. The lowest BCUT2D eigenvalue weighted by Gasteiger charge is -2.34. The molecule has 1 aliphatic heterocycles. The van der Waals surface area contributed by atoms with Crippen LogP contribution >= 0.6 is 0 Å². The summed E-state index contributed by atoms with van der Waals surface area (Å²) in [7, 11) is 0. The number of carbonyl (C=O) groups is 2. The Balaban J connectivity index is 1.40. The van der Waals surface area contributed by atoms with E-state index in [0.717, 1.165) is 0 Å². The highest BCUT2D eigenvalue weighted by Gasteiger charge is 2.42. The maximum Gasteiger partial charge on any atom is 0.452 e. The van der Waals surface area contributed by atoms with Crippen LogP contribution in [0.1, 0.15) is 22.7 Å². The number of benzene rings is 1. The lowest BCUT2D eigenvalue weighted by molar-refractivity contribution is -0.153. The molecule has 4 rings (SSSR count). The predicted molar refractivity (Wildman–Crippen MR) is 124 cm³/mol. The number of rotatable bonds is 6. The van der Waals surface area contributed by atoms with Crippen LogP contribution < -0.4 is 10.2 Å². The first-order chi connectivity index (χ1) is 17.8. The zero-order valence-corrected chi connectivity index (χ0v) is 19.4. The van der Waals surface area contributed by atoms with E-state index in [1.165, 1.54) is 29.3 Å². The van der Waals surface area contributed by atoms with Crippen molar-refractivity contribution in [1.29, 1.82) is 5.26 Å². The van der Waals surface area contributed by atoms with Crippen molar-refractivity contribution in [2.24, 2.45) is 0 Å². The van der Waals surface area contributed by atoms with Crippen molar-refractivity contribution in [3.8, 4) is 17.5 Å². The molecule has 13 heteroatoms. The topological polar surface area (TPSA) is 125 Å². The minimum absolute atomic E-state index is 0.0383. The number of piperazine rings is 1. The van der Waals surface area contributed by atoms with Gasteiger partial charge in [0.05, 0.1) is 24.4 Å². The van der Waals surface area contributed by atoms with Gasteiger partial charge in [-0.15, -0.1) is 0 Å². The summed E-state index contributed by atoms with van der Waals surface area (Å²) in [6, 6.07) is 13.0. The van der Waals surface area contributed by atoms with Crippen LogP contribution in [-0.2, 0) is 10.9 Å². The Labute approximate surface area is 209 Å². The molecule has 1 aromatic carbocycles. The maximum absolute atomic E-state index is 13.5. The molecule has 1 fully saturated rings. The smallest absolute Gasteiger partial charge is 0.448 e. The number of nitriles is 1. The van der Waals surface area contributed by atoms with Crippen molar-refractivity contribution in [3.63, 3.8) is 0 Å². The van der Waals surface area contributed by atoms with Gasteiger partial charge in [-0.2, -0.15) is 18.4 Å². The standard InChI is InChI=1S/C24H21F3N6O4/c25-24(26,27)20-19(31-22(37-20)16-5-2-1-3-6-16)21(34)30-17-7-8-18(29-15-17)32-10-12-33(13-11-32)23(35)36-14-4-9-28/h1-3,5-8,15H,4,10-14H2,(H,30,34). The van der Waals surface area contributed by atoms with Crippen molar-refractivity contribution < 1.29 is 31.9 Å². The van der Waals surface area contributed by atoms with Gasteiger partial charge in [-0.1, -0.05) is 18.2 Å². The quantitative estimate of drug-likeness (QED) is 0.486. The highest BCUT2D eigenvalue weighted by atomic mass is 19.4. The van der Waals surface area contributed by atoms with Gasteiger partial charge in [-0.05, 0) is 24.3 Å². The van der Waals surface area contributed by atoms with Crippen LogP contribution in [-0.4, -0.2) is 59.7 Å². The highest BCUT2D eigenvalue weighted by Crippen LogP contribution is 2.35. The molecule has 3 aromatic rings. The van der Waals surface area contributed by atoms with Gasteiger partial charge in [0.1, 0.15) is 12.4 Å². The van der Waals surface area contributed by atoms with Crippen LogP contribution in [0.2, 0.25) is 0 Å². The second-order valence-electron chi connectivity index (χ2n) is 7.92. The number of oxazole rings is 1. The molecule has 10 nitrogen and oxygen atoms in total. The molecule has 0 spiro atoms. The first-order valence-electron chi connectivity index (χ1n) is 11.2. The lowest BCUT2D eigenvalue weighted by atomic mass is 10.2. The summed E-state index contributed by atoms with van der Waals surface area (Å²) in [5.74, 6) is -2.33. The van der Waals surface area contributed by atoms with Gasteiger partial charge in [0, 0.05) is 31.7 Å². The second kappa shape index (κ2) is 11.0. The highest BCUT2D eigenvalue weighted by molar-refractivity contribution is 6.04. The molecule has 1 saturated heterocycles. The molecule has 0 radical (unpaired) electrons. The van der Waals surface area contributed by atoms with E-state index >= 15 is 0 Å². The first kappa shape index (κ1) is 25.5. The fourth-order valence-corrected chi connectivity index (χ4v) is 3.60. The number of ether oxygens (including phenoxy) is 1. The summed E-state index contributed by atoms with van der Waals surface area (Å²) < 4.78 is 50.5. The zero-order chi connectivity index (χ0) is 26.4. The van der Waals surface area contributed by atoms with E-state index in [1.54, 1.807) is 24.3 Å². The van der Waals surface area contributed by atoms with Crippen molar-refractivity contribution in [1.82, 2.24) is 14.9 Å². The van der Waals surface area contributed by atoms with Gasteiger partial charge in [0.15, 0.2) is 5.69 Å². The average molecular weight is 514 g/mol. The molecule has 2 amide bonds. The van der Waals surface area contributed by atoms with Crippen molar-refractivity contribution in [3.05, 3.63) is 60.1 Å². The normalized spacial score (nSPS) is 13.7. The first-order valence-corrected chi connectivity index (χ1v) is 11.2. The summed E-state index contributed by atoms with van der Waals surface area (Å²) in [5, 5.41) is 10.9. The SMILES string of the molecule is N#CCCOC(=O)N1CCN(c2ccc(NC(=O)c3nc(-c4ccccc4)oc3C(F)(F)F)cn2)CC1. The minimum atomic E-state index is -4.92. The van der Waals surface area contributed by atoms with Crippen molar-refractivity contribution in [2.75, 3.05) is 43.0 Å². The summed E-state index contributed by atoms with van der Waals surface area (Å²) in [6.07, 6.45) is -3.95. The average Bonchev–Trinajstić information content (AvgIpc) is 3.37. The Morgan fingerprint density at radius 2 is 1.84 bits per heavy atom. The number of alkyl halides is 3. The van der Waals surface area contributed by atoms with Crippen molar-refractivity contribution >= 4 is 23.5 Å². The zero-order valence-electron chi connectivity index (χ0n) is 19.4. The number of anilines is 2. The Morgan fingerprint density at radius 1 is 1.11 bits per heavy atom. The van der Waals surface area contributed by atoms with Gasteiger partial charge in [0.25, 0.3) is 5.91 Å². The summed E-state index contributed by atoms with van der Waals surface area (Å²) in [6.45, 7) is 1.77. The van der Waals surface area contributed by atoms with E-state index in [1.807, 2.05) is 11.0 Å². The van der Waals surface area contributed by atoms with Crippen LogP contribution in [0.5, 0.6) is 0 Å². The van der Waals surface area contributed by atoms with Crippen LogP contribution in [0.4, 0.5) is 29.5 Å². The molecule has 0 atom stereocenters. The summed E-state index contributed by atoms with van der Waals surface area (Å²) in [5.41, 5.74) is -0.410. The van der Waals surface area contributed by atoms with Crippen LogP contribution in [0, 0.1) is 11.3 Å². The summed E-state index contributed by atoms with van der Waals surface area (Å²) in [4.78, 5) is 36.2. The third-order valence-electron chi connectivity index (χ3n) is 5.43. The number of aromatic nitrogens is 2. The monoisotopic (exact) mass is 514 g/mol. The van der Waals surface area contributed by atoms with E-state index in [0.29, 0.717) is 37.6 Å². The molecule has 1 aliphatic rings. The van der Waals surface area contributed by atoms with Gasteiger partial charge >= 0.3 is 12.3 Å². The Morgan fingerprint density at radius 3 is 2.46 bits per heavy atom. The predicted octanol–water partition coefficient (Wildman–Crippen LogP) is 4.18. The number of hydrogen-bond donors (Lipinski definition) is 1. The van der Waals surface area contributed by atoms with E-state index in [2.05, 4.69) is 15.3 Å². The van der Waals surface area contributed by atoms with Gasteiger partial charge in [0.2, 0.25) is 11.7 Å². The Hall–Kier alpha value is -4.60. The Kier molecular flexibility index (Phi) is 7.57. The van der Waals surface area contributed by atoms with Crippen LogP contribution in [0.15, 0.2) is 53.1 Å². The fourth-order valence-electron chi connectivity index (χ4n) is 3.60. The third kappa shape index (κ3) is 6.16. The number of hydrogen-bond acceptors (Lipinski definition) is 8. The van der Waals surface area contributed by atoms with Crippen molar-refractivity contribution in [2.45, 2.75) is 12.6 Å². The van der Waals surface area contributed by atoms with E-state index in [-0.39, 0.29) is 24.6 Å². The number of carbonyl (C=O) groups excluding carboxylic acids is 2. The molecule has 192 valence electrons. The lowest BCUT2D eigenvalue weighted by Crippen LogP contribution is -2.49. The van der Waals surface area contributed by atoms with Crippen LogP contribution in [0.25, 0.3) is 11.5 Å². The summed E-state index contributed by atoms with van der Waals surface area (Å²) >= 11 is 0. The molecule has 2 aromatic heterocycles.